The van der Waals surface area contributed by atoms with Crippen LogP contribution in [0.4, 0.5) is 5.82 Å². The van der Waals surface area contributed by atoms with E-state index in [1.165, 1.54) is 0 Å². The quantitative estimate of drug-likeness (QED) is 0.811. The van der Waals surface area contributed by atoms with Gasteiger partial charge in [0.25, 0.3) is 0 Å². The standard InChI is InChI=1S/C23H22N4O2/c1-5-28-16-8-7-15(20(10-16)29-6-2)9-17-13(3)18(11-24)22-21(17)14(4)19(12-25)23(26)27-22/h7-10H,5-6H2,1-4H3,(H2,26,27)/b17-9-. The Balaban J connectivity index is 2.26. The average molecular weight is 386 g/mol. The van der Waals surface area contributed by atoms with E-state index >= 15 is 0 Å². The normalized spacial score (nSPS) is 13.8. The number of pyridine rings is 1. The molecule has 6 nitrogen and oxygen atoms in total. The molecule has 2 N–H and O–H groups in total. The molecule has 1 aromatic heterocycles. The molecule has 0 bridgehead atoms. The summed E-state index contributed by atoms with van der Waals surface area (Å²) in [6.07, 6.45) is 1.96. The maximum atomic E-state index is 9.69. The van der Waals surface area contributed by atoms with Crippen molar-refractivity contribution in [1.82, 2.24) is 4.98 Å². The largest absolute Gasteiger partial charge is 0.494 e. The van der Waals surface area contributed by atoms with Crippen molar-refractivity contribution in [3.63, 3.8) is 0 Å². The van der Waals surface area contributed by atoms with Crippen LogP contribution in [0.5, 0.6) is 11.5 Å². The van der Waals surface area contributed by atoms with Gasteiger partial charge in [-0.2, -0.15) is 10.5 Å². The molecule has 29 heavy (non-hydrogen) atoms. The third-order valence-electron chi connectivity index (χ3n) is 4.88. The number of hydrogen-bond donors (Lipinski definition) is 1. The molecule has 0 amide bonds. The summed E-state index contributed by atoms with van der Waals surface area (Å²) in [6.45, 7) is 8.63. The zero-order valence-electron chi connectivity index (χ0n) is 17.0. The van der Waals surface area contributed by atoms with Crippen molar-refractivity contribution in [2.24, 2.45) is 0 Å². The lowest BCUT2D eigenvalue weighted by Gasteiger charge is -2.13. The number of nitrogen functional groups attached to an aromatic ring is 1. The molecule has 0 radical (unpaired) electrons. The lowest BCUT2D eigenvalue weighted by atomic mass is 9.95. The highest BCUT2D eigenvalue weighted by Gasteiger charge is 2.29. The van der Waals surface area contributed by atoms with Crippen molar-refractivity contribution in [3.8, 4) is 23.6 Å². The molecule has 2 aromatic rings. The fourth-order valence-electron chi connectivity index (χ4n) is 3.52. The number of nitrogens with two attached hydrogens (primary N) is 1. The highest BCUT2D eigenvalue weighted by atomic mass is 16.5. The molecule has 0 aliphatic heterocycles. The van der Waals surface area contributed by atoms with Gasteiger partial charge in [-0.3, -0.25) is 0 Å². The van der Waals surface area contributed by atoms with Crippen LogP contribution >= 0.6 is 0 Å². The Hall–Kier alpha value is -3.77. The van der Waals surface area contributed by atoms with E-state index in [1.54, 1.807) is 0 Å². The van der Waals surface area contributed by atoms with Gasteiger partial charge in [-0.1, -0.05) is 0 Å². The fourth-order valence-corrected chi connectivity index (χ4v) is 3.52. The van der Waals surface area contributed by atoms with Crippen LogP contribution in [0.15, 0.2) is 23.8 Å². The number of allylic oxidation sites excluding steroid dienone is 3. The number of anilines is 1. The first-order chi connectivity index (χ1) is 14.0. The number of fused-ring (bicyclic) bond motifs is 1. The molecule has 6 heteroatoms. The summed E-state index contributed by atoms with van der Waals surface area (Å²) in [4.78, 5) is 4.36. The van der Waals surface area contributed by atoms with E-state index < -0.39 is 0 Å². The number of nitriles is 2. The Morgan fingerprint density at radius 1 is 1.10 bits per heavy atom. The van der Waals surface area contributed by atoms with Gasteiger partial charge in [0, 0.05) is 17.2 Å². The second-order valence-electron chi connectivity index (χ2n) is 6.57. The summed E-state index contributed by atoms with van der Waals surface area (Å²) < 4.78 is 11.4. The average Bonchev–Trinajstić information content (AvgIpc) is 2.95. The first kappa shape index (κ1) is 20.0. The minimum Gasteiger partial charge on any atom is -0.494 e. The minimum atomic E-state index is 0.140. The fraction of sp³-hybridized carbons (Fsp3) is 0.261. The van der Waals surface area contributed by atoms with Crippen molar-refractivity contribution in [2.45, 2.75) is 27.7 Å². The molecule has 0 spiro atoms. The summed E-state index contributed by atoms with van der Waals surface area (Å²) >= 11 is 0. The second-order valence-corrected chi connectivity index (χ2v) is 6.57. The van der Waals surface area contributed by atoms with E-state index in [0.717, 1.165) is 33.6 Å². The highest BCUT2D eigenvalue weighted by molar-refractivity contribution is 6.09. The summed E-state index contributed by atoms with van der Waals surface area (Å²) in [7, 11) is 0. The Morgan fingerprint density at radius 3 is 2.45 bits per heavy atom. The van der Waals surface area contributed by atoms with Gasteiger partial charge in [0.1, 0.15) is 29.5 Å². The Bertz CT molecular complexity index is 1130. The third kappa shape index (κ3) is 3.41. The molecular formula is C23H22N4O2. The molecule has 0 unspecified atom stereocenters. The van der Waals surface area contributed by atoms with Gasteiger partial charge in [0.2, 0.25) is 0 Å². The predicted molar refractivity (Wildman–Crippen MR) is 113 cm³/mol. The molecule has 1 aliphatic carbocycles. The Labute approximate surface area is 170 Å². The summed E-state index contributed by atoms with van der Waals surface area (Å²) in [6, 6.07) is 10.0. The zero-order chi connectivity index (χ0) is 21.1. The van der Waals surface area contributed by atoms with Crippen LogP contribution in [0.1, 0.15) is 48.7 Å². The zero-order valence-corrected chi connectivity index (χ0v) is 17.0. The van der Waals surface area contributed by atoms with Crippen LogP contribution < -0.4 is 15.2 Å². The number of ether oxygens (including phenoxy) is 2. The summed E-state index contributed by atoms with van der Waals surface area (Å²) in [5, 5.41) is 19.2. The van der Waals surface area contributed by atoms with Crippen molar-refractivity contribution in [3.05, 3.63) is 51.7 Å². The van der Waals surface area contributed by atoms with Gasteiger partial charge in [-0.05, 0) is 62.6 Å². The lowest BCUT2D eigenvalue weighted by Crippen LogP contribution is -2.04. The molecule has 1 aliphatic rings. The van der Waals surface area contributed by atoms with Crippen molar-refractivity contribution >= 4 is 23.0 Å². The number of rotatable bonds is 5. The molecule has 0 saturated carbocycles. The maximum absolute atomic E-state index is 9.69. The number of nitrogens with zero attached hydrogens (tertiary/aromatic N) is 3. The topological polar surface area (TPSA) is 105 Å². The van der Waals surface area contributed by atoms with Gasteiger partial charge in [-0.25, -0.2) is 4.98 Å². The molecule has 1 heterocycles. The van der Waals surface area contributed by atoms with Crippen LogP contribution in [0, 0.1) is 29.6 Å². The minimum absolute atomic E-state index is 0.140. The monoisotopic (exact) mass is 386 g/mol. The lowest BCUT2D eigenvalue weighted by molar-refractivity contribution is 0.322. The molecule has 146 valence electrons. The summed E-state index contributed by atoms with van der Waals surface area (Å²) in [5.41, 5.74) is 11.2. The Kier molecular flexibility index (Phi) is 5.57. The van der Waals surface area contributed by atoms with E-state index in [-0.39, 0.29) is 5.82 Å². The smallest absolute Gasteiger partial charge is 0.142 e. The molecule has 3 rings (SSSR count). The van der Waals surface area contributed by atoms with E-state index in [2.05, 4.69) is 17.1 Å². The van der Waals surface area contributed by atoms with Gasteiger partial charge in [-0.15, -0.1) is 0 Å². The number of hydrogen-bond acceptors (Lipinski definition) is 6. The SMILES string of the molecule is CCOc1ccc(/C=C2/C(C)=C(C#N)c3nc(N)c(C#N)c(C)c32)c(OCC)c1. The van der Waals surface area contributed by atoms with E-state index in [9.17, 15) is 10.5 Å². The highest BCUT2D eigenvalue weighted by Crippen LogP contribution is 2.45. The van der Waals surface area contributed by atoms with Crippen LogP contribution in [0.3, 0.4) is 0 Å². The van der Waals surface area contributed by atoms with Gasteiger partial charge in [0.05, 0.1) is 30.0 Å². The van der Waals surface area contributed by atoms with Crippen LogP contribution in [0.25, 0.3) is 17.2 Å². The van der Waals surface area contributed by atoms with E-state index in [1.807, 2.05) is 52.0 Å². The van der Waals surface area contributed by atoms with Crippen LogP contribution in [-0.4, -0.2) is 18.2 Å². The van der Waals surface area contributed by atoms with Gasteiger partial charge in [0.15, 0.2) is 0 Å². The van der Waals surface area contributed by atoms with Crippen molar-refractivity contribution < 1.29 is 9.47 Å². The second kappa shape index (κ2) is 8.08. The molecular weight excluding hydrogens is 364 g/mol. The molecule has 0 fully saturated rings. The van der Waals surface area contributed by atoms with Crippen molar-refractivity contribution in [1.29, 1.82) is 10.5 Å². The summed E-state index contributed by atoms with van der Waals surface area (Å²) in [5.74, 6) is 1.56. The number of benzene rings is 1. The van der Waals surface area contributed by atoms with E-state index in [4.69, 9.17) is 15.2 Å². The van der Waals surface area contributed by atoms with E-state index in [0.29, 0.717) is 35.8 Å². The van der Waals surface area contributed by atoms with Crippen LogP contribution in [-0.2, 0) is 0 Å². The van der Waals surface area contributed by atoms with Gasteiger partial charge < -0.3 is 15.2 Å². The van der Waals surface area contributed by atoms with Gasteiger partial charge >= 0.3 is 0 Å². The first-order valence-electron chi connectivity index (χ1n) is 9.40. The molecule has 0 saturated heterocycles. The van der Waals surface area contributed by atoms with Crippen LogP contribution in [0.2, 0.25) is 0 Å². The Morgan fingerprint density at radius 2 is 1.83 bits per heavy atom. The molecule has 0 atom stereocenters. The van der Waals surface area contributed by atoms with Crippen molar-refractivity contribution in [2.75, 3.05) is 18.9 Å². The molecule has 1 aromatic carbocycles. The third-order valence-corrected chi connectivity index (χ3v) is 4.88. The number of aromatic nitrogens is 1. The predicted octanol–water partition coefficient (Wildman–Crippen LogP) is 4.49. The first-order valence-corrected chi connectivity index (χ1v) is 9.40. The maximum Gasteiger partial charge on any atom is 0.142 e.